The van der Waals surface area contributed by atoms with E-state index in [1.807, 2.05) is 58.9 Å². The van der Waals surface area contributed by atoms with Gasteiger partial charge in [0.05, 0.1) is 18.2 Å². The molecule has 8 nitrogen and oxygen atoms in total. The molecule has 0 aliphatic carbocycles. The van der Waals surface area contributed by atoms with E-state index in [9.17, 15) is 14.4 Å². The number of aliphatic hydroxyl groups is 1. The molecular weight excluding hydrogens is 638 g/mol. The number of carbonyl (C=O) groups excluding carboxylic acids is 3. The van der Waals surface area contributed by atoms with Crippen molar-refractivity contribution in [3.8, 4) is 5.75 Å². The number of halogens is 1. The van der Waals surface area contributed by atoms with Crippen molar-refractivity contribution in [2.45, 2.75) is 126 Å². The van der Waals surface area contributed by atoms with Gasteiger partial charge in [0.15, 0.2) is 0 Å². The van der Waals surface area contributed by atoms with Gasteiger partial charge in [-0.2, -0.15) is 0 Å². The molecular formula is C40H68ClN3O5. The minimum Gasteiger partial charge on any atom is -0.489 e. The number of para-hydroxylation sites is 1. The number of aryl methyl sites for hydroxylation is 3. The van der Waals surface area contributed by atoms with Crippen LogP contribution in [0.15, 0.2) is 42.5 Å². The zero-order valence-electron chi connectivity index (χ0n) is 32.5. The van der Waals surface area contributed by atoms with E-state index in [0.29, 0.717) is 25.6 Å². The van der Waals surface area contributed by atoms with Gasteiger partial charge in [0.1, 0.15) is 23.9 Å². The van der Waals surface area contributed by atoms with Gasteiger partial charge < -0.3 is 30.6 Å². The number of rotatable bonds is 14. The van der Waals surface area contributed by atoms with Crippen LogP contribution in [0, 0.1) is 18.8 Å². The minimum atomic E-state index is -0.859. The Bertz CT molecular complexity index is 1150. The van der Waals surface area contributed by atoms with Gasteiger partial charge in [-0.05, 0) is 89.6 Å². The summed E-state index contributed by atoms with van der Waals surface area (Å²) < 4.78 is 6.35. The number of carbonyl (C=O) groups is 3. The number of hydrogen-bond acceptors (Lipinski definition) is 7. The highest BCUT2D eigenvalue weighted by molar-refractivity contribution is 6.30. The second kappa shape index (κ2) is 28.0. The Balaban J connectivity index is 0. The summed E-state index contributed by atoms with van der Waals surface area (Å²) in [6.07, 6.45) is 5.48. The van der Waals surface area contributed by atoms with Crippen LogP contribution in [0.1, 0.15) is 105 Å². The molecule has 4 N–H and O–H groups in total. The van der Waals surface area contributed by atoms with E-state index in [4.69, 9.17) is 21.4 Å². The molecule has 9 heteroatoms. The molecule has 4 unspecified atom stereocenters. The smallest absolute Gasteiger partial charge is 0.233 e. The molecule has 0 saturated heterocycles. The van der Waals surface area contributed by atoms with Crippen LogP contribution in [-0.4, -0.2) is 67.5 Å². The van der Waals surface area contributed by atoms with Gasteiger partial charge in [-0.1, -0.05) is 102 Å². The Morgan fingerprint density at radius 3 is 2.16 bits per heavy atom. The third-order valence-corrected chi connectivity index (χ3v) is 8.28. The molecule has 1 amide bonds. The Morgan fingerprint density at radius 1 is 1.08 bits per heavy atom. The molecule has 0 spiro atoms. The van der Waals surface area contributed by atoms with Crippen molar-refractivity contribution in [2.24, 2.45) is 11.8 Å². The summed E-state index contributed by atoms with van der Waals surface area (Å²) in [5.41, 5.74) is 2.83. The summed E-state index contributed by atoms with van der Waals surface area (Å²) in [4.78, 5) is 33.5. The van der Waals surface area contributed by atoms with E-state index >= 15 is 0 Å². The fraction of sp³-hybridized carbons (Fsp3) is 0.625. The third kappa shape index (κ3) is 21.1. The van der Waals surface area contributed by atoms with Gasteiger partial charge in [0.2, 0.25) is 5.91 Å². The fourth-order valence-corrected chi connectivity index (χ4v) is 4.66. The number of amides is 1. The number of fused-ring (bicyclic) bond motifs is 1. The zero-order chi connectivity index (χ0) is 38.0. The first-order valence-electron chi connectivity index (χ1n) is 18.1. The van der Waals surface area contributed by atoms with Gasteiger partial charge in [-0.25, -0.2) is 0 Å². The standard InChI is InChI=1S/C23H37N3O3.C7H7Cl.C6H12O2.2C2H6/c1-5-16(2)22(17(3)27)26-14-20-12-11-19-9-6-8-18(23(19)29-20)10-7-13-25-21(28)15-24-4;1-6-2-4-7(8)5-3-6;1-5(4-7)6(2,3)8;2*1-2/h6,8-9,16,20,22,24,26H,5,7,10-15H2,1-4H3,(H,25,28);2-5H,1H3;4-5,8H,1-3H3;2*1-2H3. The lowest BCUT2D eigenvalue weighted by Crippen LogP contribution is -2.46. The molecule has 0 aromatic heterocycles. The van der Waals surface area contributed by atoms with E-state index in [0.717, 1.165) is 49.2 Å². The Morgan fingerprint density at radius 2 is 1.69 bits per heavy atom. The SMILES string of the molecule is CC.CC.CC(C=O)C(C)(C)O.CCC(C)C(NCC1CCc2cccc(CCCNC(=O)CNC)c2O1)C(C)=O.Cc1ccc(Cl)cc1. The van der Waals surface area contributed by atoms with Gasteiger partial charge in [0.25, 0.3) is 0 Å². The van der Waals surface area contributed by atoms with Crippen LogP contribution < -0.4 is 20.7 Å². The van der Waals surface area contributed by atoms with Gasteiger partial charge in [-0.3, -0.25) is 9.59 Å². The molecule has 1 aliphatic rings. The maximum absolute atomic E-state index is 12.0. The molecule has 0 bridgehead atoms. The lowest BCUT2D eigenvalue weighted by Gasteiger charge is -2.30. The van der Waals surface area contributed by atoms with Crippen LogP contribution in [0.5, 0.6) is 5.75 Å². The number of likely N-dealkylation sites (N-methyl/N-ethyl adjacent to an activating group) is 1. The van der Waals surface area contributed by atoms with Crippen molar-refractivity contribution in [1.29, 1.82) is 0 Å². The van der Waals surface area contributed by atoms with Gasteiger partial charge in [0, 0.05) is 24.0 Å². The predicted molar refractivity (Wildman–Crippen MR) is 207 cm³/mol. The van der Waals surface area contributed by atoms with Crippen LogP contribution >= 0.6 is 11.6 Å². The highest BCUT2D eigenvalue weighted by Crippen LogP contribution is 2.32. The fourth-order valence-electron chi connectivity index (χ4n) is 4.54. The maximum atomic E-state index is 12.0. The average Bonchev–Trinajstić information content (AvgIpc) is 3.09. The number of ether oxygens (including phenoxy) is 1. The Hall–Kier alpha value is -2.78. The van der Waals surface area contributed by atoms with E-state index in [1.54, 1.807) is 34.7 Å². The van der Waals surface area contributed by atoms with Crippen molar-refractivity contribution >= 4 is 29.6 Å². The van der Waals surface area contributed by atoms with Crippen LogP contribution in [-0.2, 0) is 27.2 Å². The summed E-state index contributed by atoms with van der Waals surface area (Å²) in [7, 11) is 1.76. The largest absolute Gasteiger partial charge is 0.489 e. The summed E-state index contributed by atoms with van der Waals surface area (Å²) in [6.45, 7) is 22.5. The number of ketones is 1. The van der Waals surface area contributed by atoms with E-state index < -0.39 is 5.60 Å². The molecule has 2 aromatic carbocycles. The number of benzene rings is 2. The van der Waals surface area contributed by atoms with Crippen molar-refractivity contribution in [1.82, 2.24) is 16.0 Å². The van der Waals surface area contributed by atoms with Gasteiger partial charge >= 0.3 is 0 Å². The Kier molecular flexibility index (Phi) is 27.6. The van der Waals surface area contributed by atoms with Crippen LogP contribution in [0.4, 0.5) is 0 Å². The van der Waals surface area contributed by atoms with Crippen LogP contribution in [0.3, 0.4) is 0 Å². The second-order valence-electron chi connectivity index (χ2n) is 12.4. The molecule has 1 aliphatic heterocycles. The molecule has 0 radical (unpaired) electrons. The lowest BCUT2D eigenvalue weighted by molar-refractivity contribution is -0.121. The summed E-state index contributed by atoms with van der Waals surface area (Å²) in [6, 6.07) is 14.0. The van der Waals surface area contributed by atoms with Crippen LogP contribution in [0.25, 0.3) is 0 Å². The van der Waals surface area contributed by atoms with E-state index in [-0.39, 0.29) is 29.8 Å². The molecule has 0 saturated carbocycles. The third-order valence-electron chi connectivity index (χ3n) is 8.03. The summed E-state index contributed by atoms with van der Waals surface area (Å²) >= 11 is 5.61. The molecule has 4 atom stereocenters. The van der Waals surface area contributed by atoms with Crippen molar-refractivity contribution in [3.63, 3.8) is 0 Å². The predicted octanol–water partition coefficient (Wildman–Crippen LogP) is 7.53. The molecule has 280 valence electrons. The Labute approximate surface area is 303 Å². The van der Waals surface area contributed by atoms with Crippen molar-refractivity contribution in [3.05, 3.63) is 64.2 Å². The van der Waals surface area contributed by atoms with Crippen molar-refractivity contribution in [2.75, 3.05) is 26.7 Å². The minimum absolute atomic E-state index is 0.0197. The van der Waals surface area contributed by atoms with E-state index in [2.05, 4.69) is 48.0 Å². The first-order valence-corrected chi connectivity index (χ1v) is 18.4. The molecule has 3 rings (SSSR count). The first-order chi connectivity index (χ1) is 23.2. The highest BCUT2D eigenvalue weighted by Gasteiger charge is 2.25. The first kappa shape index (κ1) is 48.3. The lowest BCUT2D eigenvalue weighted by atomic mass is 9.94. The van der Waals surface area contributed by atoms with Gasteiger partial charge in [-0.15, -0.1) is 0 Å². The summed E-state index contributed by atoms with van der Waals surface area (Å²) in [5.74, 6) is 1.25. The topological polar surface area (TPSA) is 117 Å². The molecule has 2 aromatic rings. The van der Waals surface area contributed by atoms with E-state index in [1.165, 1.54) is 16.7 Å². The highest BCUT2D eigenvalue weighted by atomic mass is 35.5. The molecule has 49 heavy (non-hydrogen) atoms. The quantitative estimate of drug-likeness (QED) is 0.119. The number of aldehydes is 1. The van der Waals surface area contributed by atoms with Crippen LogP contribution in [0.2, 0.25) is 5.02 Å². The number of hydrogen-bond donors (Lipinski definition) is 4. The molecule has 0 fully saturated rings. The summed E-state index contributed by atoms with van der Waals surface area (Å²) in [5, 5.41) is 19.1. The normalized spacial score (nSPS) is 14.8. The maximum Gasteiger partial charge on any atom is 0.233 e. The molecule has 1 heterocycles. The average molecular weight is 706 g/mol. The number of Topliss-reactive ketones (excluding diaryl/α,β-unsaturated/α-hetero) is 1. The van der Waals surface area contributed by atoms with Crippen molar-refractivity contribution < 1.29 is 24.2 Å². The second-order valence-corrected chi connectivity index (χ2v) is 12.9. The zero-order valence-corrected chi connectivity index (χ0v) is 33.3. The number of nitrogens with one attached hydrogen (secondary N) is 3. The monoisotopic (exact) mass is 705 g/mol.